The van der Waals surface area contributed by atoms with E-state index in [1.54, 1.807) is 48.5 Å². The summed E-state index contributed by atoms with van der Waals surface area (Å²) >= 11 is -2.64. The minimum atomic E-state index is -2.64. The normalized spacial score (nSPS) is 10.7. The number of para-hydroxylation sites is 4. The van der Waals surface area contributed by atoms with Crippen LogP contribution in [0.1, 0.15) is 0 Å². The Balaban J connectivity index is 1.82. The Bertz CT molecular complexity index is 1040. The van der Waals surface area contributed by atoms with Crippen molar-refractivity contribution in [2.24, 2.45) is 0 Å². The van der Waals surface area contributed by atoms with Gasteiger partial charge in [0.15, 0.2) is 0 Å². The molecule has 0 fully saturated rings. The van der Waals surface area contributed by atoms with Gasteiger partial charge in [0.05, 0.1) is 0 Å². The van der Waals surface area contributed by atoms with Gasteiger partial charge in [-0.25, -0.2) is 0 Å². The second-order valence-corrected chi connectivity index (χ2v) is 12.3. The van der Waals surface area contributed by atoms with Crippen molar-refractivity contribution in [3.63, 3.8) is 0 Å². The summed E-state index contributed by atoms with van der Waals surface area (Å²) in [5, 5.41) is 32.1. The van der Waals surface area contributed by atoms with E-state index in [-0.39, 0.29) is 0 Å². The molecule has 2 aromatic carbocycles. The van der Waals surface area contributed by atoms with Crippen LogP contribution in [0.4, 0.5) is 11.4 Å². The molecule has 0 radical (unpaired) electrons. The third-order valence-electron chi connectivity index (χ3n) is 4.06. The molecule has 0 atom stereocenters. The van der Waals surface area contributed by atoms with Crippen LogP contribution in [-0.2, 0) is 24.6 Å². The topological polar surface area (TPSA) is 158 Å². The summed E-state index contributed by atoms with van der Waals surface area (Å²) in [4.78, 5) is 0. The molecule has 0 aliphatic rings. The first-order chi connectivity index (χ1) is 13.1. The Morgan fingerprint density at radius 3 is 1.56 bits per heavy atom. The van der Waals surface area contributed by atoms with Crippen LogP contribution in [0.2, 0.25) is 0 Å². The number of nitrogen functional groups attached to an aromatic ring is 2. The van der Waals surface area contributed by atoms with Crippen LogP contribution in [-0.4, -0.2) is 10.5 Å². The number of hydrogen-bond acceptors (Lipinski definition) is 8. The van der Waals surface area contributed by atoms with E-state index in [4.69, 9.17) is 20.5 Å². The average molecular weight is 553 g/mol. The van der Waals surface area contributed by atoms with Gasteiger partial charge in [-0.3, -0.25) is 0 Å². The number of rotatable bonds is 4. The van der Waals surface area contributed by atoms with E-state index in [1.807, 2.05) is 0 Å². The molecule has 4 N–H and O–H groups in total. The number of nitrogens with two attached hydrogens (primary N) is 2. The van der Waals surface area contributed by atoms with E-state index in [0.29, 0.717) is 29.2 Å². The zero-order chi connectivity index (χ0) is 19.0. The molecule has 10 nitrogen and oxygen atoms in total. The van der Waals surface area contributed by atoms with Crippen LogP contribution < -0.4 is 37.4 Å². The quantitative estimate of drug-likeness (QED) is 0.161. The molecule has 0 saturated carbocycles. The molecule has 132 valence electrons. The van der Waals surface area contributed by atoms with Gasteiger partial charge in [0.2, 0.25) is 0 Å². The van der Waals surface area contributed by atoms with Gasteiger partial charge in [-0.2, -0.15) is 0 Å². The predicted octanol–water partition coefficient (Wildman–Crippen LogP) is -2.44. The second kappa shape index (κ2) is 6.87. The van der Waals surface area contributed by atoms with E-state index in [0.717, 1.165) is 0 Å². The van der Waals surface area contributed by atoms with Crippen LogP contribution >= 0.6 is 0 Å². The molecule has 0 aliphatic carbocycles. The average Bonchev–Trinajstić information content (AvgIpc) is 3.20. The fraction of sp³-hybridized carbons (Fsp3) is 0. The zero-order valence-electron chi connectivity index (χ0n) is 13.9. The van der Waals surface area contributed by atoms with Crippen LogP contribution in [0.15, 0.2) is 57.6 Å². The number of anilines is 2. The number of aromatic nitrogens is 4. The standard InChI is InChI=1S/2C8H7N3O2.Hg/c2*9-6-3-1-2-4-7(6)11-5-8(12)13-10-11;/h2*1-4,12H,9H2;/q2*+1;/p-2. The summed E-state index contributed by atoms with van der Waals surface area (Å²) < 4.78 is 13.0. The van der Waals surface area contributed by atoms with Crippen molar-refractivity contribution in [3.05, 3.63) is 48.5 Å². The fourth-order valence-electron chi connectivity index (χ4n) is 2.72. The molecule has 0 bridgehead atoms. The summed E-state index contributed by atoms with van der Waals surface area (Å²) in [6, 6.07) is 13.9. The molecule has 0 saturated heterocycles. The second-order valence-electron chi connectivity index (χ2n) is 5.73. The van der Waals surface area contributed by atoms with Crippen LogP contribution in [0.25, 0.3) is 11.4 Å². The van der Waals surface area contributed by atoms with E-state index in [9.17, 15) is 10.2 Å². The van der Waals surface area contributed by atoms with Crippen molar-refractivity contribution >= 4 is 17.8 Å². The first-order valence-electron chi connectivity index (χ1n) is 7.92. The van der Waals surface area contributed by atoms with Gasteiger partial charge in [-0.15, -0.1) is 0 Å². The number of benzene rings is 2. The first kappa shape index (κ1) is 17.3. The van der Waals surface area contributed by atoms with Crippen molar-refractivity contribution in [2.75, 3.05) is 11.5 Å². The molecule has 0 spiro atoms. The number of hydrogen-bond donors (Lipinski definition) is 2. The van der Waals surface area contributed by atoms with Crippen LogP contribution in [0, 0.1) is 0 Å². The first-order valence-corrected chi connectivity index (χ1v) is 13.4. The van der Waals surface area contributed by atoms with Gasteiger partial charge in [0, 0.05) is 0 Å². The molecule has 27 heavy (non-hydrogen) atoms. The molecule has 2 aromatic heterocycles. The van der Waals surface area contributed by atoms with Gasteiger partial charge < -0.3 is 0 Å². The Morgan fingerprint density at radius 2 is 1.15 bits per heavy atom. The number of nitrogens with zero attached hydrogens (tertiary/aromatic N) is 4. The summed E-state index contributed by atoms with van der Waals surface area (Å²) in [5.41, 5.74) is 13.8. The van der Waals surface area contributed by atoms with Crippen LogP contribution in [0.5, 0.6) is 11.9 Å². The molecule has 11 heteroatoms. The van der Waals surface area contributed by atoms with Crippen molar-refractivity contribution in [3.8, 4) is 23.3 Å². The summed E-state index contributed by atoms with van der Waals surface area (Å²) in [6.07, 6.45) is 0. The Morgan fingerprint density at radius 1 is 0.741 bits per heavy atom. The Hall–Kier alpha value is -3.14. The Kier molecular flexibility index (Phi) is 4.40. The SMILES string of the molecule is Nc1ccccc1-[n+]1noc([O-])[c]1[Hg][c]1c([O-])on[n+]1-c1ccccc1N. The molecular formula is C16H12HgN6O4. The molecule has 0 amide bonds. The van der Waals surface area contributed by atoms with Gasteiger partial charge in [0.25, 0.3) is 0 Å². The zero-order valence-corrected chi connectivity index (χ0v) is 19.4. The van der Waals surface area contributed by atoms with Crippen molar-refractivity contribution in [2.45, 2.75) is 0 Å². The van der Waals surface area contributed by atoms with Crippen molar-refractivity contribution in [1.82, 2.24) is 10.5 Å². The molecule has 4 rings (SSSR count). The van der Waals surface area contributed by atoms with E-state index < -0.39 is 36.5 Å². The molecule has 0 unspecified atom stereocenters. The monoisotopic (exact) mass is 554 g/mol. The van der Waals surface area contributed by atoms with Gasteiger partial charge in [0.1, 0.15) is 0 Å². The Labute approximate surface area is 164 Å². The van der Waals surface area contributed by atoms with Crippen molar-refractivity contribution < 1.29 is 53.2 Å². The van der Waals surface area contributed by atoms with E-state index in [2.05, 4.69) is 10.5 Å². The molecule has 0 aliphatic heterocycles. The fourth-order valence-corrected chi connectivity index (χ4v) is 8.52. The maximum absolute atomic E-state index is 12.3. The van der Waals surface area contributed by atoms with Crippen LogP contribution in [0.3, 0.4) is 0 Å². The molecule has 4 aromatic rings. The van der Waals surface area contributed by atoms with Gasteiger partial charge in [-0.05, 0) is 0 Å². The predicted molar refractivity (Wildman–Crippen MR) is 83.1 cm³/mol. The summed E-state index contributed by atoms with van der Waals surface area (Å²) in [5.74, 6) is -1.21. The minimum absolute atomic E-state index is 0.316. The third-order valence-corrected chi connectivity index (χ3v) is 11.2. The molecular weight excluding hydrogens is 541 g/mol. The van der Waals surface area contributed by atoms with Gasteiger partial charge in [-0.1, -0.05) is 0 Å². The summed E-state index contributed by atoms with van der Waals surface area (Å²) in [7, 11) is 0. The maximum atomic E-state index is 12.3. The third kappa shape index (κ3) is 3.08. The van der Waals surface area contributed by atoms with Crippen molar-refractivity contribution in [1.29, 1.82) is 0 Å². The van der Waals surface area contributed by atoms with Gasteiger partial charge >= 0.3 is 165 Å². The van der Waals surface area contributed by atoms with E-state index in [1.165, 1.54) is 9.36 Å². The summed E-state index contributed by atoms with van der Waals surface area (Å²) in [6.45, 7) is 0. The van der Waals surface area contributed by atoms with E-state index >= 15 is 0 Å². The molecule has 2 heterocycles.